The number of halogens is 1. The molecule has 1 atom stereocenters. The summed E-state index contributed by atoms with van der Waals surface area (Å²) in [6.45, 7) is 2.62. The molecule has 0 bridgehead atoms. The Bertz CT molecular complexity index is 605. The van der Waals surface area contributed by atoms with Gasteiger partial charge in [0.1, 0.15) is 0 Å². The zero-order valence-electron chi connectivity index (χ0n) is 13.0. The SMILES string of the molecule is CCN(Cc1cc[n+]([O-])cc1)C(=O)C(CO)c1ccccc1.Cl. The fourth-order valence-corrected chi connectivity index (χ4v) is 2.35. The number of amides is 1. The van der Waals surface area contributed by atoms with Crippen LogP contribution >= 0.6 is 12.4 Å². The highest BCUT2D eigenvalue weighted by Gasteiger charge is 2.24. The lowest BCUT2D eigenvalue weighted by molar-refractivity contribution is -0.605. The maximum Gasteiger partial charge on any atom is 0.232 e. The summed E-state index contributed by atoms with van der Waals surface area (Å²) >= 11 is 0. The number of rotatable bonds is 6. The Kier molecular flexibility index (Phi) is 7.51. The number of carbonyl (C=O) groups excluding carboxylic acids is 1. The van der Waals surface area contributed by atoms with Gasteiger partial charge in [-0.3, -0.25) is 4.79 Å². The molecule has 124 valence electrons. The number of aliphatic hydroxyl groups is 1. The minimum atomic E-state index is -0.561. The molecule has 0 fully saturated rings. The molecule has 1 aromatic heterocycles. The Morgan fingerprint density at radius 2 is 1.83 bits per heavy atom. The quantitative estimate of drug-likeness (QED) is 0.647. The van der Waals surface area contributed by atoms with Crippen LogP contribution in [-0.2, 0) is 11.3 Å². The van der Waals surface area contributed by atoms with Gasteiger partial charge in [-0.1, -0.05) is 30.3 Å². The van der Waals surface area contributed by atoms with E-state index in [1.54, 1.807) is 17.0 Å². The molecule has 0 aliphatic carbocycles. The summed E-state index contributed by atoms with van der Waals surface area (Å²) in [6, 6.07) is 12.7. The van der Waals surface area contributed by atoms with Gasteiger partial charge >= 0.3 is 0 Å². The third-order valence-corrected chi connectivity index (χ3v) is 3.62. The molecule has 1 N–H and O–H groups in total. The summed E-state index contributed by atoms with van der Waals surface area (Å²) in [6.07, 6.45) is 2.82. The lowest BCUT2D eigenvalue weighted by Crippen LogP contribution is -2.36. The van der Waals surface area contributed by atoms with Crippen molar-refractivity contribution in [3.8, 4) is 0 Å². The van der Waals surface area contributed by atoms with E-state index in [0.717, 1.165) is 11.1 Å². The Morgan fingerprint density at radius 1 is 1.22 bits per heavy atom. The predicted octanol–water partition coefficient (Wildman–Crippen LogP) is 1.87. The van der Waals surface area contributed by atoms with Gasteiger partial charge in [0.2, 0.25) is 5.91 Å². The third kappa shape index (κ3) is 4.94. The van der Waals surface area contributed by atoms with Crippen LogP contribution in [0.4, 0.5) is 0 Å². The third-order valence-electron chi connectivity index (χ3n) is 3.62. The molecule has 5 nitrogen and oxygen atoms in total. The van der Waals surface area contributed by atoms with Crippen LogP contribution in [0, 0.1) is 5.21 Å². The molecule has 1 unspecified atom stereocenters. The van der Waals surface area contributed by atoms with Gasteiger partial charge in [-0.2, -0.15) is 4.73 Å². The maximum absolute atomic E-state index is 12.7. The number of hydrogen-bond donors (Lipinski definition) is 1. The van der Waals surface area contributed by atoms with Crippen molar-refractivity contribution in [1.29, 1.82) is 0 Å². The van der Waals surface area contributed by atoms with Gasteiger partial charge in [0.25, 0.3) is 0 Å². The zero-order chi connectivity index (χ0) is 15.9. The van der Waals surface area contributed by atoms with Crippen LogP contribution in [0.3, 0.4) is 0 Å². The maximum atomic E-state index is 12.7. The van der Waals surface area contributed by atoms with Gasteiger partial charge < -0.3 is 15.2 Å². The Morgan fingerprint density at radius 3 is 2.35 bits per heavy atom. The van der Waals surface area contributed by atoms with E-state index in [1.165, 1.54) is 12.4 Å². The summed E-state index contributed by atoms with van der Waals surface area (Å²) in [5, 5.41) is 20.7. The normalized spacial score (nSPS) is 11.4. The molecule has 0 saturated carbocycles. The predicted molar refractivity (Wildman–Crippen MR) is 90.0 cm³/mol. The second-order valence-electron chi connectivity index (χ2n) is 5.06. The molecule has 0 saturated heterocycles. The van der Waals surface area contributed by atoms with Crippen molar-refractivity contribution in [2.45, 2.75) is 19.4 Å². The first-order valence-electron chi connectivity index (χ1n) is 7.28. The van der Waals surface area contributed by atoms with E-state index in [1.807, 2.05) is 37.3 Å². The number of nitrogens with zero attached hydrogens (tertiary/aromatic N) is 2. The lowest BCUT2D eigenvalue weighted by atomic mass is 9.98. The fraction of sp³-hybridized carbons (Fsp3) is 0.294. The number of carbonyl (C=O) groups is 1. The first-order chi connectivity index (χ1) is 10.7. The molecule has 1 amide bonds. The van der Waals surface area contributed by atoms with Gasteiger partial charge in [-0.25, -0.2) is 0 Å². The average Bonchev–Trinajstić information content (AvgIpc) is 2.56. The van der Waals surface area contributed by atoms with Crippen LogP contribution in [0.5, 0.6) is 0 Å². The molecule has 2 rings (SSSR count). The molecule has 0 aliphatic heterocycles. The first-order valence-corrected chi connectivity index (χ1v) is 7.28. The molecule has 0 aliphatic rings. The minimum absolute atomic E-state index is 0. The fourth-order valence-electron chi connectivity index (χ4n) is 2.35. The van der Waals surface area contributed by atoms with Gasteiger partial charge in [-0.05, 0) is 18.1 Å². The monoisotopic (exact) mass is 336 g/mol. The number of benzene rings is 1. The van der Waals surface area contributed by atoms with E-state index in [9.17, 15) is 15.1 Å². The Hall–Kier alpha value is -2.11. The zero-order valence-corrected chi connectivity index (χ0v) is 13.8. The van der Waals surface area contributed by atoms with Crippen LogP contribution in [-0.4, -0.2) is 29.1 Å². The molecule has 2 aromatic rings. The highest BCUT2D eigenvalue weighted by atomic mass is 35.5. The lowest BCUT2D eigenvalue weighted by Gasteiger charge is -2.25. The van der Waals surface area contributed by atoms with E-state index in [0.29, 0.717) is 17.8 Å². The molecule has 1 aromatic carbocycles. The minimum Gasteiger partial charge on any atom is -0.619 e. The molecule has 0 spiro atoms. The Balaban J connectivity index is 0.00000264. The van der Waals surface area contributed by atoms with E-state index < -0.39 is 5.92 Å². The first kappa shape index (κ1) is 18.9. The topological polar surface area (TPSA) is 67.5 Å². The summed E-state index contributed by atoms with van der Waals surface area (Å²) < 4.78 is 0.710. The number of pyridine rings is 1. The Labute approximate surface area is 142 Å². The average molecular weight is 337 g/mol. The second kappa shape index (κ2) is 9.12. The standard InChI is InChI=1S/C17H20N2O3.ClH/c1-2-18(12-14-8-10-19(22)11-9-14)17(21)16(13-20)15-6-4-3-5-7-15;/h3-11,16,20H,2,12-13H2,1H3;1H. The van der Waals surface area contributed by atoms with Crippen LogP contribution in [0.2, 0.25) is 0 Å². The van der Waals surface area contributed by atoms with Crippen molar-refractivity contribution < 1.29 is 14.6 Å². The number of aromatic nitrogens is 1. The van der Waals surface area contributed by atoms with Gasteiger partial charge in [0.15, 0.2) is 12.4 Å². The summed E-state index contributed by atoms with van der Waals surface area (Å²) in [5.41, 5.74) is 1.69. The highest BCUT2D eigenvalue weighted by molar-refractivity contribution is 5.85. The highest BCUT2D eigenvalue weighted by Crippen LogP contribution is 2.19. The van der Waals surface area contributed by atoms with Crippen molar-refractivity contribution >= 4 is 18.3 Å². The van der Waals surface area contributed by atoms with Crippen molar-refractivity contribution in [3.05, 3.63) is 71.2 Å². The molecule has 6 heteroatoms. The van der Waals surface area contributed by atoms with Crippen molar-refractivity contribution in [2.24, 2.45) is 0 Å². The van der Waals surface area contributed by atoms with E-state index in [-0.39, 0.29) is 24.9 Å². The summed E-state index contributed by atoms with van der Waals surface area (Å²) in [5.74, 6) is -0.677. The van der Waals surface area contributed by atoms with Crippen LogP contribution in [0.15, 0.2) is 54.9 Å². The van der Waals surface area contributed by atoms with E-state index in [2.05, 4.69) is 0 Å². The van der Waals surface area contributed by atoms with Crippen LogP contribution in [0.25, 0.3) is 0 Å². The summed E-state index contributed by atoms with van der Waals surface area (Å²) in [7, 11) is 0. The van der Waals surface area contributed by atoms with Crippen molar-refractivity contribution in [1.82, 2.24) is 4.90 Å². The van der Waals surface area contributed by atoms with E-state index in [4.69, 9.17) is 0 Å². The van der Waals surface area contributed by atoms with Crippen LogP contribution in [0.1, 0.15) is 24.0 Å². The van der Waals surface area contributed by atoms with Gasteiger partial charge in [-0.15, -0.1) is 12.4 Å². The molecule has 1 heterocycles. The number of hydrogen-bond acceptors (Lipinski definition) is 3. The van der Waals surface area contributed by atoms with E-state index >= 15 is 0 Å². The van der Waals surface area contributed by atoms with Crippen molar-refractivity contribution in [2.75, 3.05) is 13.2 Å². The molecule has 23 heavy (non-hydrogen) atoms. The van der Waals surface area contributed by atoms with Crippen molar-refractivity contribution in [3.63, 3.8) is 0 Å². The van der Waals surface area contributed by atoms with Crippen LogP contribution < -0.4 is 4.73 Å². The van der Waals surface area contributed by atoms with Gasteiger partial charge in [0, 0.05) is 25.2 Å². The smallest absolute Gasteiger partial charge is 0.232 e. The number of likely N-dealkylation sites (N-methyl/N-ethyl adjacent to an activating group) is 1. The second-order valence-corrected chi connectivity index (χ2v) is 5.06. The van der Waals surface area contributed by atoms with Gasteiger partial charge in [0.05, 0.1) is 12.5 Å². The largest absolute Gasteiger partial charge is 0.619 e. The molecular formula is C17H21ClN2O3. The summed E-state index contributed by atoms with van der Waals surface area (Å²) in [4.78, 5) is 14.4. The number of aliphatic hydroxyl groups excluding tert-OH is 1. The molecular weight excluding hydrogens is 316 g/mol. The molecule has 0 radical (unpaired) electrons.